The van der Waals surface area contributed by atoms with E-state index in [1.54, 1.807) is 0 Å². The third-order valence-corrected chi connectivity index (χ3v) is 3.57. The first-order chi connectivity index (χ1) is 8.00. The summed E-state index contributed by atoms with van der Waals surface area (Å²) >= 11 is 0. The lowest BCUT2D eigenvalue weighted by atomic mass is 10.1. The Hall–Kier alpha value is -1.000. The number of aryl methyl sites for hydroxylation is 2. The minimum atomic E-state index is 0. The summed E-state index contributed by atoms with van der Waals surface area (Å²) in [5.41, 5.74) is 0.698. The second-order valence-corrected chi connectivity index (χ2v) is 4.81. The molecule has 1 aromatic rings. The molecule has 1 fully saturated rings. The Labute approximate surface area is 114 Å². The van der Waals surface area contributed by atoms with Gasteiger partial charge in [-0.2, -0.15) is 0 Å². The molecule has 1 N–H and O–H groups in total. The Morgan fingerprint density at radius 2 is 2.11 bits per heavy atom. The molecule has 0 aromatic carbocycles. The highest BCUT2D eigenvalue weighted by Gasteiger charge is 2.30. The smallest absolute Gasteiger partial charge is 0.257 e. The van der Waals surface area contributed by atoms with E-state index in [1.807, 2.05) is 24.8 Å². The fourth-order valence-electron chi connectivity index (χ4n) is 2.34. The average molecular weight is 273 g/mol. The van der Waals surface area contributed by atoms with Gasteiger partial charge < -0.3 is 14.6 Å². The van der Waals surface area contributed by atoms with E-state index >= 15 is 0 Å². The molecule has 0 aliphatic carbocycles. The second kappa shape index (κ2) is 5.76. The Morgan fingerprint density at radius 3 is 2.67 bits per heavy atom. The van der Waals surface area contributed by atoms with Crippen molar-refractivity contribution in [1.29, 1.82) is 0 Å². The van der Waals surface area contributed by atoms with Crippen LogP contribution < -0.4 is 5.32 Å². The highest BCUT2D eigenvalue weighted by molar-refractivity contribution is 5.95. The van der Waals surface area contributed by atoms with Gasteiger partial charge in [-0.05, 0) is 33.8 Å². The van der Waals surface area contributed by atoms with Crippen LogP contribution in [0.15, 0.2) is 10.5 Å². The molecular formula is C13H21ClN2O2. The van der Waals surface area contributed by atoms with E-state index in [0.29, 0.717) is 17.4 Å². The number of carbonyl (C=O) groups excluding carboxylic acids is 1. The van der Waals surface area contributed by atoms with Crippen molar-refractivity contribution < 1.29 is 9.21 Å². The number of rotatable bonds is 1. The first kappa shape index (κ1) is 15.1. The zero-order valence-corrected chi connectivity index (χ0v) is 12.1. The van der Waals surface area contributed by atoms with E-state index in [-0.39, 0.29) is 24.4 Å². The number of piperazine rings is 1. The molecule has 0 spiro atoms. The monoisotopic (exact) mass is 272 g/mol. The highest BCUT2D eigenvalue weighted by atomic mass is 35.5. The van der Waals surface area contributed by atoms with Crippen molar-refractivity contribution in [3.8, 4) is 0 Å². The Balaban J connectivity index is 0.00000162. The number of halogens is 1. The van der Waals surface area contributed by atoms with Crippen molar-refractivity contribution in [3.63, 3.8) is 0 Å². The van der Waals surface area contributed by atoms with Crippen LogP contribution in [0.1, 0.15) is 35.7 Å². The van der Waals surface area contributed by atoms with Crippen LogP contribution >= 0.6 is 12.4 Å². The van der Waals surface area contributed by atoms with Crippen LogP contribution in [0.2, 0.25) is 0 Å². The van der Waals surface area contributed by atoms with Crippen molar-refractivity contribution >= 4 is 18.3 Å². The Morgan fingerprint density at radius 1 is 1.44 bits per heavy atom. The minimum absolute atomic E-state index is 0. The topological polar surface area (TPSA) is 45.5 Å². The first-order valence-electron chi connectivity index (χ1n) is 6.12. The normalized spacial score (nSPS) is 23.7. The van der Waals surface area contributed by atoms with E-state index in [9.17, 15) is 4.79 Å². The van der Waals surface area contributed by atoms with Crippen molar-refractivity contribution in [2.45, 2.75) is 39.8 Å². The van der Waals surface area contributed by atoms with Gasteiger partial charge in [0.15, 0.2) is 0 Å². The molecule has 1 aromatic heterocycles. The van der Waals surface area contributed by atoms with Crippen LogP contribution in [0.3, 0.4) is 0 Å². The lowest BCUT2D eigenvalue weighted by molar-refractivity contribution is 0.0601. The molecule has 2 heterocycles. The molecule has 0 radical (unpaired) electrons. The maximum atomic E-state index is 12.4. The summed E-state index contributed by atoms with van der Waals surface area (Å²) in [6.45, 7) is 9.51. The number of amides is 1. The molecule has 18 heavy (non-hydrogen) atoms. The standard InChI is InChI=1S/C13H20N2O2.ClH/c1-8-7-12(11(4)17-8)13(16)15-6-5-14-9(2)10(15)3;/h7,9-10,14H,5-6H2,1-4H3;1H. The fraction of sp³-hybridized carbons (Fsp3) is 0.615. The van der Waals surface area contributed by atoms with Gasteiger partial charge in [-0.15, -0.1) is 12.4 Å². The number of nitrogens with zero attached hydrogens (tertiary/aromatic N) is 1. The molecule has 4 nitrogen and oxygen atoms in total. The van der Waals surface area contributed by atoms with Crippen LogP contribution in [-0.4, -0.2) is 36.0 Å². The minimum Gasteiger partial charge on any atom is -0.466 e. The summed E-state index contributed by atoms with van der Waals surface area (Å²) in [6, 6.07) is 2.38. The van der Waals surface area contributed by atoms with E-state index in [4.69, 9.17) is 4.42 Å². The van der Waals surface area contributed by atoms with Crippen molar-refractivity contribution in [1.82, 2.24) is 10.2 Å². The molecule has 5 heteroatoms. The maximum Gasteiger partial charge on any atom is 0.257 e. The van der Waals surface area contributed by atoms with Gasteiger partial charge in [0.1, 0.15) is 11.5 Å². The summed E-state index contributed by atoms with van der Waals surface area (Å²) in [5.74, 6) is 1.59. The quantitative estimate of drug-likeness (QED) is 0.852. The van der Waals surface area contributed by atoms with Crippen LogP contribution in [0, 0.1) is 13.8 Å². The summed E-state index contributed by atoms with van der Waals surface area (Å²) in [4.78, 5) is 14.4. The van der Waals surface area contributed by atoms with E-state index in [1.165, 1.54) is 0 Å². The largest absolute Gasteiger partial charge is 0.466 e. The predicted molar refractivity (Wildman–Crippen MR) is 73.4 cm³/mol. The van der Waals surface area contributed by atoms with Gasteiger partial charge in [0.2, 0.25) is 0 Å². The van der Waals surface area contributed by atoms with E-state index in [2.05, 4.69) is 19.2 Å². The SMILES string of the molecule is Cc1cc(C(=O)N2CCNC(C)C2C)c(C)o1.Cl. The highest BCUT2D eigenvalue weighted by Crippen LogP contribution is 2.19. The zero-order chi connectivity index (χ0) is 12.6. The molecule has 0 saturated carbocycles. The van der Waals surface area contributed by atoms with Crippen molar-refractivity contribution in [2.75, 3.05) is 13.1 Å². The molecule has 0 bridgehead atoms. The summed E-state index contributed by atoms with van der Waals surface area (Å²) in [6.07, 6.45) is 0. The van der Waals surface area contributed by atoms with Crippen LogP contribution in [-0.2, 0) is 0 Å². The molecule has 2 unspecified atom stereocenters. The van der Waals surface area contributed by atoms with Gasteiger partial charge in [-0.1, -0.05) is 0 Å². The molecule has 1 saturated heterocycles. The zero-order valence-electron chi connectivity index (χ0n) is 11.3. The summed E-state index contributed by atoms with van der Waals surface area (Å²) < 4.78 is 5.43. The number of hydrogen-bond donors (Lipinski definition) is 1. The third kappa shape index (κ3) is 2.70. The molecule has 2 rings (SSSR count). The van der Waals surface area contributed by atoms with Gasteiger partial charge in [0.25, 0.3) is 5.91 Å². The maximum absolute atomic E-state index is 12.4. The van der Waals surface area contributed by atoms with Gasteiger partial charge in [-0.25, -0.2) is 0 Å². The van der Waals surface area contributed by atoms with Crippen molar-refractivity contribution in [2.24, 2.45) is 0 Å². The average Bonchev–Trinajstić information content (AvgIpc) is 2.61. The number of carbonyl (C=O) groups is 1. The first-order valence-corrected chi connectivity index (χ1v) is 6.12. The van der Waals surface area contributed by atoms with Crippen LogP contribution in [0.5, 0.6) is 0 Å². The summed E-state index contributed by atoms with van der Waals surface area (Å²) in [5, 5.41) is 3.37. The summed E-state index contributed by atoms with van der Waals surface area (Å²) in [7, 11) is 0. The molecule has 2 atom stereocenters. The Bertz CT molecular complexity index is 431. The van der Waals surface area contributed by atoms with Gasteiger partial charge in [-0.3, -0.25) is 4.79 Å². The number of furan rings is 1. The molecule has 1 amide bonds. The molecular weight excluding hydrogens is 252 g/mol. The Kier molecular flexibility index (Phi) is 4.82. The predicted octanol–water partition coefficient (Wildman–Crippen LogP) is 2.14. The van der Waals surface area contributed by atoms with E-state index < -0.39 is 0 Å². The van der Waals surface area contributed by atoms with E-state index in [0.717, 1.165) is 18.8 Å². The third-order valence-electron chi connectivity index (χ3n) is 3.57. The molecule has 1 aliphatic heterocycles. The lowest BCUT2D eigenvalue weighted by Gasteiger charge is -2.38. The fourth-order valence-corrected chi connectivity index (χ4v) is 2.34. The lowest BCUT2D eigenvalue weighted by Crippen LogP contribution is -2.57. The number of nitrogens with one attached hydrogen (secondary N) is 1. The van der Waals surface area contributed by atoms with Gasteiger partial charge >= 0.3 is 0 Å². The van der Waals surface area contributed by atoms with Gasteiger partial charge in [0.05, 0.1) is 5.56 Å². The number of hydrogen-bond acceptors (Lipinski definition) is 3. The second-order valence-electron chi connectivity index (χ2n) is 4.81. The van der Waals surface area contributed by atoms with Crippen molar-refractivity contribution in [3.05, 3.63) is 23.2 Å². The van der Waals surface area contributed by atoms with Gasteiger partial charge in [0, 0.05) is 25.2 Å². The molecule has 1 aliphatic rings. The van der Waals surface area contributed by atoms with Crippen LogP contribution in [0.4, 0.5) is 0 Å². The molecule has 102 valence electrons. The van der Waals surface area contributed by atoms with Crippen LogP contribution in [0.25, 0.3) is 0 Å².